The summed E-state index contributed by atoms with van der Waals surface area (Å²) < 4.78 is 1.74. The van der Waals surface area contributed by atoms with Crippen LogP contribution in [0, 0.1) is 13.8 Å². The number of rotatable bonds is 2. The molecule has 0 amide bonds. The highest BCUT2D eigenvalue weighted by Crippen LogP contribution is 2.29. The highest BCUT2D eigenvalue weighted by atomic mass is 32.1. The van der Waals surface area contributed by atoms with Crippen LogP contribution in [-0.4, -0.2) is 24.9 Å². The lowest BCUT2D eigenvalue weighted by molar-refractivity contribution is 0.898. The molecule has 8 heteroatoms. The second-order valence-electron chi connectivity index (χ2n) is 4.37. The number of aromatic nitrogens is 4. The Morgan fingerprint density at radius 2 is 2.15 bits per heavy atom. The summed E-state index contributed by atoms with van der Waals surface area (Å²) in [6.07, 6.45) is 0. The lowest BCUT2D eigenvalue weighted by Crippen LogP contribution is -2.19. The van der Waals surface area contributed by atoms with E-state index in [2.05, 4.69) is 20.6 Å². The second-order valence-corrected chi connectivity index (χ2v) is 5.76. The maximum absolute atomic E-state index is 5.53. The summed E-state index contributed by atoms with van der Waals surface area (Å²) in [7, 11) is 0. The number of hydrogen-bond acceptors (Lipinski definition) is 5. The number of nitrogens with two attached hydrogens (primary N) is 1. The normalized spacial score (nSPS) is 10.9. The molecular formula is C12H12N6S2. The van der Waals surface area contributed by atoms with E-state index < -0.39 is 0 Å². The van der Waals surface area contributed by atoms with Crippen LogP contribution in [-0.2, 0) is 0 Å². The molecule has 0 radical (unpaired) electrons. The van der Waals surface area contributed by atoms with Crippen molar-refractivity contribution in [2.75, 3.05) is 5.32 Å². The number of anilines is 1. The molecule has 0 bridgehead atoms. The highest BCUT2D eigenvalue weighted by molar-refractivity contribution is 7.80. The zero-order valence-electron chi connectivity index (χ0n) is 10.9. The van der Waals surface area contributed by atoms with Crippen molar-refractivity contribution >= 4 is 39.3 Å². The third kappa shape index (κ3) is 2.23. The van der Waals surface area contributed by atoms with Crippen LogP contribution in [0.2, 0.25) is 0 Å². The predicted octanol–water partition coefficient (Wildman–Crippen LogP) is 2.13. The molecule has 0 fully saturated rings. The fourth-order valence-corrected chi connectivity index (χ4v) is 2.85. The Morgan fingerprint density at radius 3 is 2.85 bits per heavy atom. The van der Waals surface area contributed by atoms with Crippen LogP contribution < -0.4 is 11.1 Å². The maximum atomic E-state index is 5.53. The largest absolute Gasteiger partial charge is 0.376 e. The van der Waals surface area contributed by atoms with Gasteiger partial charge >= 0.3 is 0 Å². The van der Waals surface area contributed by atoms with Gasteiger partial charge in [0.1, 0.15) is 5.01 Å². The fourth-order valence-electron chi connectivity index (χ4n) is 1.85. The Labute approximate surface area is 124 Å². The summed E-state index contributed by atoms with van der Waals surface area (Å²) in [6.45, 7) is 3.87. The average Bonchev–Trinajstić information content (AvgIpc) is 2.94. The number of hydrogen-bond donors (Lipinski definition) is 2. The van der Waals surface area contributed by atoms with E-state index in [0.717, 1.165) is 32.6 Å². The molecule has 2 heterocycles. The Balaban J connectivity index is 2.06. The van der Waals surface area contributed by atoms with E-state index in [9.17, 15) is 0 Å². The summed E-state index contributed by atoms with van der Waals surface area (Å²) in [5.74, 6) is 0.774. The topological polar surface area (TPSA) is 81.1 Å². The average molecular weight is 304 g/mol. The van der Waals surface area contributed by atoms with Crippen molar-refractivity contribution in [2.24, 2.45) is 5.73 Å². The van der Waals surface area contributed by atoms with Crippen molar-refractivity contribution in [1.29, 1.82) is 0 Å². The first-order valence-corrected chi connectivity index (χ1v) is 7.13. The number of nitrogens with one attached hydrogen (secondary N) is 1. The van der Waals surface area contributed by atoms with Gasteiger partial charge in [0.25, 0.3) is 0 Å². The van der Waals surface area contributed by atoms with Gasteiger partial charge in [-0.1, -0.05) is 23.5 Å². The minimum absolute atomic E-state index is 0.249. The van der Waals surface area contributed by atoms with Crippen LogP contribution in [0.25, 0.3) is 15.5 Å². The van der Waals surface area contributed by atoms with Crippen LogP contribution in [0.1, 0.15) is 11.4 Å². The van der Waals surface area contributed by atoms with Crippen molar-refractivity contribution in [2.45, 2.75) is 13.8 Å². The molecule has 1 aromatic carbocycles. The van der Waals surface area contributed by atoms with Crippen molar-refractivity contribution in [3.63, 3.8) is 0 Å². The van der Waals surface area contributed by atoms with Gasteiger partial charge in [0.2, 0.25) is 4.96 Å². The first-order valence-electron chi connectivity index (χ1n) is 5.91. The van der Waals surface area contributed by atoms with Gasteiger partial charge < -0.3 is 11.1 Å². The van der Waals surface area contributed by atoms with Crippen LogP contribution in [0.3, 0.4) is 0 Å². The molecule has 0 saturated heterocycles. The van der Waals surface area contributed by atoms with Gasteiger partial charge in [0.15, 0.2) is 10.9 Å². The molecule has 3 rings (SSSR count). The number of nitrogens with zero attached hydrogens (tertiary/aromatic N) is 4. The van der Waals surface area contributed by atoms with Crippen LogP contribution >= 0.6 is 23.6 Å². The molecular weight excluding hydrogens is 292 g/mol. The minimum Gasteiger partial charge on any atom is -0.376 e. The van der Waals surface area contributed by atoms with E-state index in [0.29, 0.717) is 0 Å². The van der Waals surface area contributed by atoms with Gasteiger partial charge in [-0.15, -0.1) is 10.2 Å². The SMILES string of the molecule is Cc1ccc(-c2nn3c(C)nnc3s2)cc1NC(N)=S. The first kappa shape index (κ1) is 12.9. The Kier molecular flexibility index (Phi) is 3.11. The quantitative estimate of drug-likeness (QED) is 0.706. The number of aryl methyl sites for hydroxylation is 2. The van der Waals surface area contributed by atoms with Gasteiger partial charge in [-0.05, 0) is 37.7 Å². The van der Waals surface area contributed by atoms with Crippen molar-refractivity contribution < 1.29 is 0 Å². The van der Waals surface area contributed by atoms with Crippen molar-refractivity contribution in [3.05, 3.63) is 29.6 Å². The van der Waals surface area contributed by atoms with E-state index in [1.54, 1.807) is 4.52 Å². The van der Waals surface area contributed by atoms with E-state index in [4.69, 9.17) is 18.0 Å². The Morgan fingerprint density at radius 1 is 1.35 bits per heavy atom. The van der Waals surface area contributed by atoms with Crippen LogP contribution in [0.15, 0.2) is 18.2 Å². The second kappa shape index (κ2) is 4.80. The molecule has 6 nitrogen and oxygen atoms in total. The Hall–Kier alpha value is -2.06. The van der Waals surface area contributed by atoms with E-state index in [1.807, 2.05) is 32.0 Å². The fraction of sp³-hybridized carbons (Fsp3) is 0.167. The molecule has 20 heavy (non-hydrogen) atoms. The van der Waals surface area contributed by atoms with Gasteiger partial charge in [0, 0.05) is 11.3 Å². The molecule has 0 aliphatic heterocycles. The van der Waals surface area contributed by atoms with E-state index in [1.165, 1.54) is 11.3 Å². The standard InChI is InChI=1S/C12H12N6S2/c1-6-3-4-8(5-9(6)14-11(13)19)10-17-18-7(2)15-16-12(18)20-10/h3-5H,1-2H3,(H3,13,14,19). The van der Waals surface area contributed by atoms with Crippen LogP contribution in [0.5, 0.6) is 0 Å². The number of thiocarbonyl (C=S) groups is 1. The van der Waals surface area contributed by atoms with Crippen molar-refractivity contribution in [1.82, 2.24) is 19.8 Å². The zero-order chi connectivity index (χ0) is 14.3. The third-order valence-corrected chi connectivity index (χ3v) is 3.94. The van der Waals surface area contributed by atoms with Crippen molar-refractivity contribution in [3.8, 4) is 10.6 Å². The minimum atomic E-state index is 0.249. The molecule has 0 spiro atoms. The molecule has 0 unspecified atom stereocenters. The summed E-state index contributed by atoms with van der Waals surface area (Å²) in [5, 5.41) is 16.7. The summed E-state index contributed by atoms with van der Waals surface area (Å²) in [4.78, 5) is 0.780. The molecule has 0 aliphatic carbocycles. The lowest BCUT2D eigenvalue weighted by atomic mass is 10.1. The van der Waals surface area contributed by atoms with Gasteiger partial charge in [-0.3, -0.25) is 0 Å². The van der Waals surface area contributed by atoms with Gasteiger partial charge in [-0.2, -0.15) is 9.61 Å². The van der Waals surface area contributed by atoms with Crippen LogP contribution in [0.4, 0.5) is 5.69 Å². The predicted molar refractivity (Wildman–Crippen MR) is 84.0 cm³/mol. The number of fused-ring (bicyclic) bond motifs is 1. The van der Waals surface area contributed by atoms with Gasteiger partial charge in [0.05, 0.1) is 0 Å². The zero-order valence-corrected chi connectivity index (χ0v) is 12.5. The molecule has 102 valence electrons. The van der Waals surface area contributed by atoms with E-state index >= 15 is 0 Å². The first-order chi connectivity index (χ1) is 9.54. The summed E-state index contributed by atoms with van der Waals surface area (Å²) in [5.41, 5.74) is 8.48. The molecule has 3 N–H and O–H groups in total. The third-order valence-electron chi connectivity index (χ3n) is 2.89. The molecule has 0 atom stereocenters. The highest BCUT2D eigenvalue weighted by Gasteiger charge is 2.11. The monoisotopic (exact) mass is 304 g/mol. The van der Waals surface area contributed by atoms with Gasteiger partial charge in [-0.25, -0.2) is 0 Å². The molecule has 3 aromatic rings. The molecule has 2 aromatic heterocycles. The molecule has 0 saturated carbocycles. The molecule has 0 aliphatic rings. The van der Waals surface area contributed by atoms with E-state index in [-0.39, 0.29) is 5.11 Å². The lowest BCUT2D eigenvalue weighted by Gasteiger charge is -2.08. The number of benzene rings is 1. The summed E-state index contributed by atoms with van der Waals surface area (Å²) in [6, 6.07) is 6.00. The smallest absolute Gasteiger partial charge is 0.234 e. The summed E-state index contributed by atoms with van der Waals surface area (Å²) >= 11 is 6.38. The maximum Gasteiger partial charge on any atom is 0.234 e. The Bertz CT molecular complexity index is 803.